The van der Waals surface area contributed by atoms with E-state index in [1.165, 1.54) is 18.3 Å². The van der Waals surface area contributed by atoms with Crippen molar-refractivity contribution in [1.29, 1.82) is 0 Å². The molecule has 1 aromatic heterocycles. The molecule has 1 amide bonds. The van der Waals surface area contributed by atoms with Crippen LogP contribution in [-0.2, 0) is 0 Å². The van der Waals surface area contributed by atoms with Crippen LogP contribution >= 0.6 is 11.6 Å². The van der Waals surface area contributed by atoms with Gasteiger partial charge in [0.05, 0.1) is 11.7 Å². The van der Waals surface area contributed by atoms with Gasteiger partial charge in [0, 0.05) is 24.3 Å². The van der Waals surface area contributed by atoms with Crippen LogP contribution in [0.1, 0.15) is 45.4 Å². The van der Waals surface area contributed by atoms with Crippen LogP contribution in [0.2, 0.25) is 5.02 Å². The number of halogens is 1. The molecule has 2 aromatic rings. The number of carbonyl (C=O) groups excluding carboxylic acids is 1. The number of aliphatic hydroxyl groups excluding tert-OH is 1. The van der Waals surface area contributed by atoms with Crippen LogP contribution in [0.5, 0.6) is 0 Å². The fraction of sp³-hybridized carbons (Fsp3) is 0.316. The molecule has 1 saturated heterocycles. The Hall–Kier alpha value is -2.44. The lowest BCUT2D eigenvalue weighted by atomic mass is 9.87. The zero-order valence-electron chi connectivity index (χ0n) is 14.0. The highest BCUT2D eigenvalue weighted by Crippen LogP contribution is 2.31. The van der Waals surface area contributed by atoms with Crippen molar-refractivity contribution in [3.05, 3.63) is 64.4 Å². The molecule has 2 heterocycles. The van der Waals surface area contributed by atoms with Gasteiger partial charge in [-0.2, -0.15) is 0 Å². The Morgan fingerprint density at radius 3 is 2.42 bits per heavy atom. The van der Waals surface area contributed by atoms with E-state index < -0.39 is 12.1 Å². The number of carboxylic acid groups (broad SMARTS) is 1. The zero-order chi connectivity index (χ0) is 18.7. The standard InChI is InChI=1S/C19H19ClN2O4/c20-15-3-1-12(2-4-15)17(23)13-6-9-22(10-7-13)18(24)16-11-14(19(25)26)5-8-21-16/h1-5,8,11,13,17,23H,6-7,9-10H2,(H,25,26). The number of pyridine rings is 1. The molecular weight excluding hydrogens is 356 g/mol. The fourth-order valence-corrected chi connectivity index (χ4v) is 3.32. The molecule has 0 bridgehead atoms. The number of nitrogens with zero attached hydrogens (tertiary/aromatic N) is 2. The molecule has 1 fully saturated rings. The minimum atomic E-state index is -1.09. The van der Waals surface area contributed by atoms with Crippen LogP contribution in [0, 0.1) is 5.92 Å². The van der Waals surface area contributed by atoms with Gasteiger partial charge in [0.1, 0.15) is 5.69 Å². The molecule has 2 N–H and O–H groups in total. The number of aromatic carboxylic acids is 1. The van der Waals surface area contributed by atoms with E-state index in [1.54, 1.807) is 17.0 Å². The number of rotatable bonds is 4. The van der Waals surface area contributed by atoms with Gasteiger partial charge in [0.25, 0.3) is 5.91 Å². The van der Waals surface area contributed by atoms with Gasteiger partial charge < -0.3 is 15.1 Å². The molecule has 1 aliphatic heterocycles. The largest absolute Gasteiger partial charge is 0.478 e. The van der Waals surface area contributed by atoms with Crippen LogP contribution in [0.15, 0.2) is 42.6 Å². The maximum atomic E-state index is 12.6. The minimum absolute atomic E-state index is 0.0383. The van der Waals surface area contributed by atoms with E-state index in [4.69, 9.17) is 16.7 Å². The lowest BCUT2D eigenvalue weighted by Gasteiger charge is -2.34. The van der Waals surface area contributed by atoms with Gasteiger partial charge in [-0.1, -0.05) is 23.7 Å². The van der Waals surface area contributed by atoms with E-state index in [2.05, 4.69) is 4.98 Å². The van der Waals surface area contributed by atoms with E-state index in [1.807, 2.05) is 12.1 Å². The number of hydrogen-bond donors (Lipinski definition) is 2. The average Bonchev–Trinajstić information content (AvgIpc) is 2.67. The highest BCUT2D eigenvalue weighted by molar-refractivity contribution is 6.30. The molecule has 0 radical (unpaired) electrons. The predicted octanol–water partition coefficient (Wildman–Crippen LogP) is 3.02. The molecule has 7 heteroatoms. The van der Waals surface area contributed by atoms with Crippen molar-refractivity contribution in [1.82, 2.24) is 9.88 Å². The van der Waals surface area contributed by atoms with E-state index in [0.29, 0.717) is 31.0 Å². The molecule has 26 heavy (non-hydrogen) atoms. The lowest BCUT2D eigenvalue weighted by molar-refractivity contribution is 0.0458. The van der Waals surface area contributed by atoms with Crippen molar-refractivity contribution in [3.8, 4) is 0 Å². The summed E-state index contributed by atoms with van der Waals surface area (Å²) in [6.07, 6.45) is 2.05. The highest BCUT2D eigenvalue weighted by Gasteiger charge is 2.29. The SMILES string of the molecule is O=C(O)c1ccnc(C(=O)N2CCC(C(O)c3ccc(Cl)cc3)CC2)c1. The fourth-order valence-electron chi connectivity index (χ4n) is 3.19. The molecule has 3 rings (SSSR count). The van der Waals surface area contributed by atoms with Gasteiger partial charge in [-0.05, 0) is 48.6 Å². The summed E-state index contributed by atoms with van der Waals surface area (Å²) in [7, 11) is 0. The quantitative estimate of drug-likeness (QED) is 0.858. The number of amides is 1. The Balaban J connectivity index is 1.62. The smallest absolute Gasteiger partial charge is 0.335 e. The Morgan fingerprint density at radius 1 is 1.15 bits per heavy atom. The molecule has 0 spiro atoms. The van der Waals surface area contributed by atoms with Gasteiger partial charge in [-0.25, -0.2) is 4.79 Å². The summed E-state index contributed by atoms with van der Waals surface area (Å²) in [4.78, 5) is 29.2. The summed E-state index contributed by atoms with van der Waals surface area (Å²) < 4.78 is 0. The Bertz CT molecular complexity index is 801. The monoisotopic (exact) mass is 374 g/mol. The predicted molar refractivity (Wildman–Crippen MR) is 96.2 cm³/mol. The summed E-state index contributed by atoms with van der Waals surface area (Å²) in [5.41, 5.74) is 0.980. The third-order valence-electron chi connectivity index (χ3n) is 4.71. The molecule has 6 nitrogen and oxygen atoms in total. The normalized spacial score (nSPS) is 16.3. The first-order valence-corrected chi connectivity index (χ1v) is 8.75. The maximum absolute atomic E-state index is 12.6. The van der Waals surface area contributed by atoms with Gasteiger partial charge in [0.15, 0.2) is 0 Å². The topological polar surface area (TPSA) is 90.7 Å². The molecule has 136 valence electrons. The second-order valence-corrected chi connectivity index (χ2v) is 6.80. The summed E-state index contributed by atoms with van der Waals surface area (Å²) in [5.74, 6) is -1.32. The van der Waals surface area contributed by atoms with Crippen LogP contribution in [0.25, 0.3) is 0 Å². The van der Waals surface area contributed by atoms with Gasteiger partial charge >= 0.3 is 5.97 Å². The molecule has 1 aromatic carbocycles. The van der Waals surface area contributed by atoms with E-state index in [-0.39, 0.29) is 23.1 Å². The summed E-state index contributed by atoms with van der Waals surface area (Å²) in [5, 5.41) is 20.2. The molecule has 1 atom stereocenters. The van der Waals surface area contributed by atoms with Crippen molar-refractivity contribution in [2.75, 3.05) is 13.1 Å². The average molecular weight is 375 g/mol. The van der Waals surface area contributed by atoms with Crippen molar-refractivity contribution in [3.63, 3.8) is 0 Å². The number of carboxylic acids is 1. The van der Waals surface area contributed by atoms with E-state index >= 15 is 0 Å². The summed E-state index contributed by atoms with van der Waals surface area (Å²) in [6, 6.07) is 9.77. The van der Waals surface area contributed by atoms with Crippen molar-refractivity contribution in [2.45, 2.75) is 18.9 Å². The van der Waals surface area contributed by atoms with Crippen LogP contribution in [0.4, 0.5) is 0 Å². The molecule has 0 saturated carbocycles. The molecule has 0 aliphatic carbocycles. The molecule has 1 unspecified atom stereocenters. The third-order valence-corrected chi connectivity index (χ3v) is 4.96. The second-order valence-electron chi connectivity index (χ2n) is 6.36. The highest BCUT2D eigenvalue weighted by atomic mass is 35.5. The number of hydrogen-bond acceptors (Lipinski definition) is 4. The molecule has 1 aliphatic rings. The Morgan fingerprint density at radius 2 is 1.81 bits per heavy atom. The number of aliphatic hydroxyl groups is 1. The Labute approximate surface area is 156 Å². The first kappa shape index (κ1) is 18.4. The first-order chi connectivity index (χ1) is 12.5. The van der Waals surface area contributed by atoms with Crippen molar-refractivity contribution in [2.24, 2.45) is 5.92 Å². The van der Waals surface area contributed by atoms with Gasteiger partial charge in [-0.3, -0.25) is 9.78 Å². The van der Waals surface area contributed by atoms with Crippen LogP contribution in [0.3, 0.4) is 0 Å². The molecular formula is C19H19ClN2O4. The van der Waals surface area contributed by atoms with Crippen molar-refractivity contribution >= 4 is 23.5 Å². The van der Waals surface area contributed by atoms with Gasteiger partial charge in [0.2, 0.25) is 0 Å². The Kier molecular flexibility index (Phi) is 5.54. The zero-order valence-corrected chi connectivity index (χ0v) is 14.8. The number of carbonyl (C=O) groups is 2. The number of piperidine rings is 1. The first-order valence-electron chi connectivity index (χ1n) is 8.38. The second kappa shape index (κ2) is 7.85. The van der Waals surface area contributed by atoms with Crippen LogP contribution in [-0.4, -0.2) is 45.1 Å². The van der Waals surface area contributed by atoms with Gasteiger partial charge in [-0.15, -0.1) is 0 Å². The third kappa shape index (κ3) is 4.03. The summed E-state index contributed by atoms with van der Waals surface area (Å²) >= 11 is 5.88. The minimum Gasteiger partial charge on any atom is -0.478 e. The number of likely N-dealkylation sites (tertiary alicyclic amines) is 1. The maximum Gasteiger partial charge on any atom is 0.335 e. The van der Waals surface area contributed by atoms with Crippen LogP contribution < -0.4 is 0 Å². The summed E-state index contributed by atoms with van der Waals surface area (Å²) in [6.45, 7) is 0.986. The van der Waals surface area contributed by atoms with E-state index in [0.717, 1.165) is 5.56 Å². The van der Waals surface area contributed by atoms with Crippen molar-refractivity contribution < 1.29 is 19.8 Å². The number of aromatic nitrogens is 1. The number of benzene rings is 1. The lowest BCUT2D eigenvalue weighted by Crippen LogP contribution is -2.40. The van der Waals surface area contributed by atoms with E-state index in [9.17, 15) is 14.7 Å².